The van der Waals surface area contributed by atoms with Crippen molar-refractivity contribution in [3.63, 3.8) is 0 Å². The Morgan fingerprint density at radius 2 is 2.04 bits per heavy atom. The number of carbonyl (C=O) groups is 2. The molecular weight excluding hydrogens is 364 g/mol. The third-order valence-electron chi connectivity index (χ3n) is 4.91. The van der Waals surface area contributed by atoms with E-state index in [1.807, 2.05) is 6.92 Å². The Morgan fingerprint density at radius 3 is 2.79 bits per heavy atom. The number of nitrogens with zero attached hydrogens (tertiary/aromatic N) is 2. The van der Waals surface area contributed by atoms with Gasteiger partial charge in [0.15, 0.2) is 5.76 Å². The highest BCUT2D eigenvalue weighted by molar-refractivity contribution is 6.06. The van der Waals surface area contributed by atoms with Crippen molar-refractivity contribution >= 4 is 17.7 Å². The van der Waals surface area contributed by atoms with Gasteiger partial charge in [-0.3, -0.25) is 9.69 Å². The number of hydrogen-bond acceptors (Lipinski definition) is 7. The number of ether oxygens (including phenoxy) is 2. The number of hydrazone groups is 1. The number of fused-ring (bicyclic) bond motifs is 1. The van der Waals surface area contributed by atoms with Gasteiger partial charge in [0.25, 0.3) is 5.91 Å². The minimum absolute atomic E-state index is 0.224. The second-order valence-corrected chi connectivity index (χ2v) is 6.81. The Bertz CT molecular complexity index is 737. The molecule has 0 radical (unpaired) electrons. The van der Waals surface area contributed by atoms with Gasteiger partial charge in [0, 0.05) is 43.7 Å². The summed E-state index contributed by atoms with van der Waals surface area (Å²) in [5.41, 5.74) is 4.68. The molecule has 1 aliphatic heterocycles. The number of aryl methyl sites for hydroxylation is 1. The predicted octanol–water partition coefficient (Wildman–Crippen LogP) is 1.44. The number of hydrogen-bond donors (Lipinski definition) is 2. The molecule has 0 aromatic carbocycles. The second-order valence-electron chi connectivity index (χ2n) is 6.81. The van der Waals surface area contributed by atoms with E-state index >= 15 is 0 Å². The zero-order valence-corrected chi connectivity index (χ0v) is 16.5. The maximum atomic E-state index is 12.6. The van der Waals surface area contributed by atoms with Crippen LogP contribution in [0.15, 0.2) is 9.52 Å². The molecule has 2 amide bonds. The van der Waals surface area contributed by atoms with Crippen LogP contribution in [0.1, 0.15) is 47.2 Å². The Balaban J connectivity index is 1.64. The Hall–Kier alpha value is -2.39. The minimum Gasteiger partial charge on any atom is -0.455 e. The molecule has 154 valence electrons. The van der Waals surface area contributed by atoms with E-state index in [-0.39, 0.29) is 12.5 Å². The maximum absolute atomic E-state index is 12.6. The minimum atomic E-state index is -0.593. The van der Waals surface area contributed by atoms with Crippen LogP contribution in [0.3, 0.4) is 0 Å². The van der Waals surface area contributed by atoms with Gasteiger partial charge in [-0.05, 0) is 26.7 Å². The molecule has 2 aliphatic rings. The summed E-state index contributed by atoms with van der Waals surface area (Å²) in [7, 11) is 0. The van der Waals surface area contributed by atoms with Crippen LogP contribution >= 0.6 is 0 Å². The molecule has 1 saturated heterocycles. The lowest BCUT2D eigenvalue weighted by molar-refractivity contribution is 0.0382. The van der Waals surface area contributed by atoms with Crippen LogP contribution < -0.4 is 10.7 Å². The van der Waals surface area contributed by atoms with Crippen molar-refractivity contribution in [3.05, 3.63) is 22.6 Å². The van der Waals surface area contributed by atoms with Gasteiger partial charge < -0.3 is 19.2 Å². The van der Waals surface area contributed by atoms with E-state index in [1.165, 1.54) is 0 Å². The van der Waals surface area contributed by atoms with E-state index < -0.39 is 6.09 Å². The number of furan rings is 1. The molecule has 2 N–H and O–H groups in total. The van der Waals surface area contributed by atoms with Crippen molar-refractivity contribution in [2.45, 2.75) is 33.1 Å². The molecule has 1 fully saturated rings. The van der Waals surface area contributed by atoms with Gasteiger partial charge in [0.2, 0.25) is 0 Å². The lowest BCUT2D eigenvalue weighted by Crippen LogP contribution is -2.41. The first-order valence-electron chi connectivity index (χ1n) is 9.80. The maximum Gasteiger partial charge on any atom is 0.427 e. The molecule has 9 nitrogen and oxygen atoms in total. The number of amides is 2. The molecule has 3 rings (SSSR count). The summed E-state index contributed by atoms with van der Waals surface area (Å²) in [6.45, 7) is 8.44. The summed E-state index contributed by atoms with van der Waals surface area (Å²) in [5.74, 6) is 0.835. The highest BCUT2D eigenvalue weighted by Gasteiger charge is 2.28. The first-order valence-corrected chi connectivity index (χ1v) is 9.80. The average Bonchev–Trinajstić information content (AvgIpc) is 3.05. The topological polar surface area (TPSA) is 105 Å². The summed E-state index contributed by atoms with van der Waals surface area (Å²) in [6.07, 6.45) is 1.71. The first-order chi connectivity index (χ1) is 13.6. The molecule has 1 aliphatic carbocycles. The largest absolute Gasteiger partial charge is 0.455 e. The summed E-state index contributed by atoms with van der Waals surface area (Å²) >= 11 is 0. The van der Waals surface area contributed by atoms with Crippen LogP contribution in [0, 0.1) is 6.92 Å². The van der Waals surface area contributed by atoms with Crippen molar-refractivity contribution in [1.29, 1.82) is 0 Å². The van der Waals surface area contributed by atoms with Crippen molar-refractivity contribution in [3.8, 4) is 0 Å². The van der Waals surface area contributed by atoms with Gasteiger partial charge in [-0.2, -0.15) is 5.10 Å². The fourth-order valence-corrected chi connectivity index (χ4v) is 3.51. The van der Waals surface area contributed by atoms with Gasteiger partial charge in [0.1, 0.15) is 5.76 Å². The van der Waals surface area contributed by atoms with Crippen molar-refractivity contribution in [1.82, 2.24) is 15.6 Å². The lowest BCUT2D eigenvalue weighted by Gasteiger charge is -2.26. The second kappa shape index (κ2) is 9.70. The molecule has 9 heteroatoms. The summed E-state index contributed by atoms with van der Waals surface area (Å²) in [6, 6.07) is 0. The third kappa shape index (κ3) is 4.90. The van der Waals surface area contributed by atoms with E-state index in [4.69, 9.17) is 13.9 Å². The molecule has 0 bridgehead atoms. The molecule has 0 unspecified atom stereocenters. The number of rotatable bonds is 6. The zero-order chi connectivity index (χ0) is 19.9. The zero-order valence-electron chi connectivity index (χ0n) is 16.5. The lowest BCUT2D eigenvalue weighted by atomic mass is 9.93. The average molecular weight is 392 g/mol. The van der Waals surface area contributed by atoms with Crippen LogP contribution in [-0.4, -0.2) is 68.6 Å². The van der Waals surface area contributed by atoms with Crippen LogP contribution in [0.2, 0.25) is 0 Å². The molecule has 1 aromatic rings. The van der Waals surface area contributed by atoms with Crippen LogP contribution in [0.4, 0.5) is 4.79 Å². The molecule has 0 spiro atoms. The van der Waals surface area contributed by atoms with Crippen LogP contribution in [0.5, 0.6) is 0 Å². The summed E-state index contributed by atoms with van der Waals surface area (Å²) in [4.78, 5) is 26.4. The van der Waals surface area contributed by atoms with Crippen molar-refractivity contribution in [2.24, 2.45) is 5.10 Å². The van der Waals surface area contributed by atoms with E-state index in [0.717, 1.165) is 62.6 Å². The molecule has 2 heterocycles. The molecule has 28 heavy (non-hydrogen) atoms. The fourth-order valence-electron chi connectivity index (χ4n) is 3.51. The van der Waals surface area contributed by atoms with E-state index in [0.29, 0.717) is 24.4 Å². The van der Waals surface area contributed by atoms with Crippen LogP contribution in [0.25, 0.3) is 0 Å². The highest BCUT2D eigenvalue weighted by atomic mass is 16.5. The SMILES string of the molecule is CCOC(=O)N/N=C1\CCCc2oc(C(=O)NCCN3CCOCC3)c(C)c21. The standard InChI is InChI=1S/C19H28N4O5/c1-3-27-19(25)22-21-14-5-4-6-15-16(14)13(2)17(28-15)18(24)20-7-8-23-9-11-26-12-10-23/h3-12H2,1-2H3,(H,20,24)(H,22,25)/b21-14+. The van der Waals surface area contributed by atoms with Gasteiger partial charge in [-0.1, -0.05) is 0 Å². The quantitative estimate of drug-likeness (QED) is 0.710. The molecule has 0 atom stereocenters. The predicted molar refractivity (Wildman–Crippen MR) is 103 cm³/mol. The molecule has 1 aromatic heterocycles. The monoisotopic (exact) mass is 392 g/mol. The van der Waals surface area contributed by atoms with Crippen LogP contribution in [-0.2, 0) is 15.9 Å². The smallest absolute Gasteiger partial charge is 0.427 e. The Morgan fingerprint density at radius 1 is 1.25 bits per heavy atom. The van der Waals surface area contributed by atoms with Crippen molar-refractivity contribution in [2.75, 3.05) is 46.0 Å². The van der Waals surface area contributed by atoms with Gasteiger partial charge in [0.05, 0.1) is 25.5 Å². The first kappa shape index (κ1) is 20.3. The summed E-state index contributed by atoms with van der Waals surface area (Å²) in [5, 5.41) is 7.12. The van der Waals surface area contributed by atoms with E-state index in [1.54, 1.807) is 6.92 Å². The Labute approximate surface area is 164 Å². The number of carbonyl (C=O) groups excluding carboxylic acids is 2. The number of nitrogens with one attached hydrogen (secondary N) is 2. The highest BCUT2D eigenvalue weighted by Crippen LogP contribution is 2.29. The fraction of sp³-hybridized carbons (Fsp3) is 0.632. The molecular formula is C19H28N4O5. The number of morpholine rings is 1. The third-order valence-corrected chi connectivity index (χ3v) is 4.91. The Kier molecular flexibility index (Phi) is 7.05. The van der Waals surface area contributed by atoms with E-state index in [2.05, 4.69) is 20.7 Å². The van der Waals surface area contributed by atoms with E-state index in [9.17, 15) is 9.59 Å². The normalized spacial score (nSPS) is 18.6. The molecule has 0 saturated carbocycles. The van der Waals surface area contributed by atoms with Gasteiger partial charge >= 0.3 is 6.09 Å². The van der Waals surface area contributed by atoms with Crippen molar-refractivity contribution < 1.29 is 23.5 Å². The summed E-state index contributed by atoms with van der Waals surface area (Å²) < 4.78 is 16.0. The van der Waals surface area contributed by atoms with Gasteiger partial charge in [-0.15, -0.1) is 0 Å². The van der Waals surface area contributed by atoms with Gasteiger partial charge in [-0.25, -0.2) is 10.2 Å².